The van der Waals surface area contributed by atoms with Gasteiger partial charge < -0.3 is 15.7 Å². The second-order valence-electron chi connectivity index (χ2n) is 5.09. The summed E-state index contributed by atoms with van der Waals surface area (Å²) in [5.41, 5.74) is 2.39. The van der Waals surface area contributed by atoms with Crippen LogP contribution in [0.25, 0.3) is 0 Å². The van der Waals surface area contributed by atoms with Crippen LogP contribution in [0, 0.1) is 5.92 Å². The molecule has 0 bridgehead atoms. The molecule has 20 heavy (non-hydrogen) atoms. The Hall–Kier alpha value is -1.88. The van der Waals surface area contributed by atoms with Crippen molar-refractivity contribution in [1.82, 2.24) is 10.6 Å². The molecule has 2 rings (SSSR count). The van der Waals surface area contributed by atoms with Gasteiger partial charge in [0.25, 0.3) is 0 Å². The molecule has 0 saturated carbocycles. The minimum atomic E-state index is -0.866. The lowest BCUT2D eigenvalue weighted by Gasteiger charge is -2.25. The molecule has 0 radical (unpaired) electrons. The van der Waals surface area contributed by atoms with Gasteiger partial charge >= 0.3 is 5.97 Å². The molecule has 0 saturated heterocycles. The highest BCUT2D eigenvalue weighted by molar-refractivity contribution is 5.83. The Balaban J connectivity index is 1.90. The van der Waals surface area contributed by atoms with E-state index in [9.17, 15) is 9.59 Å². The lowest BCUT2D eigenvalue weighted by molar-refractivity contribution is -0.141. The van der Waals surface area contributed by atoms with Crippen molar-refractivity contribution in [2.75, 3.05) is 6.54 Å². The number of fused-ring (bicyclic) bond motifs is 1. The van der Waals surface area contributed by atoms with Gasteiger partial charge in [0.15, 0.2) is 0 Å². The molecule has 1 unspecified atom stereocenters. The summed E-state index contributed by atoms with van der Waals surface area (Å²) in [6.07, 6.45) is 1.16. The number of nitrogens with one attached hydrogen (secondary N) is 2. The Labute approximate surface area is 118 Å². The van der Waals surface area contributed by atoms with Gasteiger partial charge in [0.1, 0.15) is 0 Å². The number of amides is 1. The molecule has 0 aliphatic carbocycles. The normalized spacial score (nSPS) is 18.9. The summed E-state index contributed by atoms with van der Waals surface area (Å²) in [4.78, 5) is 23.0. The van der Waals surface area contributed by atoms with E-state index >= 15 is 0 Å². The van der Waals surface area contributed by atoms with Crippen LogP contribution in [0.1, 0.15) is 24.5 Å². The fourth-order valence-corrected chi connectivity index (χ4v) is 2.39. The minimum Gasteiger partial charge on any atom is -0.481 e. The van der Waals surface area contributed by atoms with E-state index in [2.05, 4.69) is 10.6 Å². The van der Waals surface area contributed by atoms with E-state index in [4.69, 9.17) is 5.11 Å². The number of carboxylic acids is 1. The van der Waals surface area contributed by atoms with Gasteiger partial charge in [-0.1, -0.05) is 31.2 Å². The third-order valence-corrected chi connectivity index (χ3v) is 3.76. The Kier molecular flexibility index (Phi) is 4.74. The zero-order chi connectivity index (χ0) is 14.5. The highest BCUT2D eigenvalue weighted by atomic mass is 16.4. The summed E-state index contributed by atoms with van der Waals surface area (Å²) >= 11 is 0. The van der Waals surface area contributed by atoms with Crippen LogP contribution in [0.4, 0.5) is 0 Å². The van der Waals surface area contributed by atoms with E-state index in [0.717, 1.165) is 0 Å². The zero-order valence-electron chi connectivity index (χ0n) is 11.6. The van der Waals surface area contributed by atoms with E-state index in [-0.39, 0.29) is 18.5 Å². The summed E-state index contributed by atoms with van der Waals surface area (Å²) in [6.45, 7) is 2.66. The summed E-state index contributed by atoms with van der Waals surface area (Å²) < 4.78 is 0. The lowest BCUT2D eigenvalue weighted by atomic mass is 9.95. The van der Waals surface area contributed by atoms with Crippen molar-refractivity contribution in [3.05, 3.63) is 35.4 Å². The fourth-order valence-electron chi connectivity index (χ4n) is 2.39. The first-order valence-corrected chi connectivity index (χ1v) is 6.92. The lowest BCUT2D eigenvalue weighted by Crippen LogP contribution is -2.49. The van der Waals surface area contributed by atoms with Crippen molar-refractivity contribution in [2.24, 2.45) is 5.92 Å². The van der Waals surface area contributed by atoms with Crippen LogP contribution in [0.2, 0.25) is 0 Å². The van der Waals surface area contributed by atoms with Gasteiger partial charge in [0.2, 0.25) is 5.91 Å². The number of hydrogen-bond acceptors (Lipinski definition) is 3. The highest BCUT2D eigenvalue weighted by Crippen LogP contribution is 2.16. The standard InChI is InChI=1S/C15H20N2O3/c1-2-10(15(19)20)8-17-14(18)13-7-11-5-3-4-6-12(11)9-16-13/h3-6,10,13,16H,2,7-9H2,1H3,(H,17,18)(H,19,20)/t10?,13-/m0/s1. The molecule has 2 atom stereocenters. The quantitative estimate of drug-likeness (QED) is 0.747. The molecule has 108 valence electrons. The average Bonchev–Trinajstić information content (AvgIpc) is 2.46. The van der Waals surface area contributed by atoms with Crippen LogP contribution < -0.4 is 10.6 Å². The van der Waals surface area contributed by atoms with Crippen molar-refractivity contribution in [3.8, 4) is 0 Å². The minimum absolute atomic E-state index is 0.126. The Morgan fingerprint density at radius 2 is 2.10 bits per heavy atom. The number of carboxylic acid groups (broad SMARTS) is 1. The smallest absolute Gasteiger partial charge is 0.308 e. The highest BCUT2D eigenvalue weighted by Gasteiger charge is 2.25. The van der Waals surface area contributed by atoms with Gasteiger partial charge in [0.05, 0.1) is 12.0 Å². The molecule has 1 aromatic carbocycles. The summed E-state index contributed by atoms with van der Waals surface area (Å²) in [5.74, 6) is -1.51. The SMILES string of the molecule is CCC(CNC(=O)[C@@H]1Cc2ccccc2CN1)C(=O)O. The summed E-state index contributed by atoms with van der Waals surface area (Å²) in [6, 6.07) is 7.75. The van der Waals surface area contributed by atoms with Crippen LogP contribution in [0.5, 0.6) is 0 Å². The first-order chi connectivity index (χ1) is 9.61. The molecule has 0 aromatic heterocycles. The van der Waals surface area contributed by atoms with E-state index in [1.165, 1.54) is 11.1 Å². The molecule has 1 amide bonds. The number of hydrogen-bond donors (Lipinski definition) is 3. The van der Waals surface area contributed by atoms with Crippen molar-refractivity contribution < 1.29 is 14.7 Å². The van der Waals surface area contributed by atoms with Gasteiger partial charge in [0, 0.05) is 13.1 Å². The molecule has 1 aliphatic heterocycles. The second-order valence-corrected chi connectivity index (χ2v) is 5.09. The molecule has 1 aliphatic rings. The van der Waals surface area contributed by atoms with Crippen molar-refractivity contribution >= 4 is 11.9 Å². The van der Waals surface area contributed by atoms with Crippen LogP contribution in [-0.2, 0) is 22.6 Å². The number of rotatable bonds is 5. The van der Waals surface area contributed by atoms with Crippen molar-refractivity contribution in [3.63, 3.8) is 0 Å². The van der Waals surface area contributed by atoms with Crippen molar-refractivity contribution in [1.29, 1.82) is 0 Å². The average molecular weight is 276 g/mol. The van der Waals surface area contributed by atoms with E-state index in [1.54, 1.807) is 6.92 Å². The Bertz CT molecular complexity index is 502. The van der Waals surface area contributed by atoms with E-state index < -0.39 is 11.9 Å². The van der Waals surface area contributed by atoms with Crippen LogP contribution in [0.3, 0.4) is 0 Å². The molecule has 5 nitrogen and oxygen atoms in total. The molecule has 0 spiro atoms. The number of carbonyl (C=O) groups excluding carboxylic acids is 1. The first-order valence-electron chi connectivity index (χ1n) is 6.92. The third-order valence-electron chi connectivity index (χ3n) is 3.76. The van der Waals surface area contributed by atoms with Crippen LogP contribution in [0.15, 0.2) is 24.3 Å². The predicted molar refractivity (Wildman–Crippen MR) is 75.2 cm³/mol. The maximum atomic E-state index is 12.1. The summed E-state index contributed by atoms with van der Waals surface area (Å²) in [7, 11) is 0. The van der Waals surface area contributed by atoms with Gasteiger partial charge in [-0.2, -0.15) is 0 Å². The molecule has 3 N–H and O–H groups in total. The van der Waals surface area contributed by atoms with Gasteiger partial charge in [-0.25, -0.2) is 0 Å². The molecule has 5 heteroatoms. The van der Waals surface area contributed by atoms with Gasteiger partial charge in [-0.15, -0.1) is 0 Å². The fraction of sp³-hybridized carbons (Fsp3) is 0.467. The van der Waals surface area contributed by atoms with Gasteiger partial charge in [-0.3, -0.25) is 9.59 Å². The molecule has 1 heterocycles. The molecule has 0 fully saturated rings. The third kappa shape index (κ3) is 3.36. The topological polar surface area (TPSA) is 78.4 Å². The first kappa shape index (κ1) is 14.5. The summed E-state index contributed by atoms with van der Waals surface area (Å²) in [5, 5.41) is 14.9. The maximum Gasteiger partial charge on any atom is 0.308 e. The molecule has 1 aromatic rings. The van der Waals surface area contributed by atoms with Crippen molar-refractivity contribution in [2.45, 2.75) is 32.4 Å². The monoisotopic (exact) mass is 276 g/mol. The number of benzene rings is 1. The van der Waals surface area contributed by atoms with E-state index in [1.807, 2.05) is 24.3 Å². The Morgan fingerprint density at radius 1 is 1.40 bits per heavy atom. The molecular formula is C15H20N2O3. The maximum absolute atomic E-state index is 12.1. The predicted octanol–water partition coefficient (Wildman–Crippen LogP) is 0.928. The number of aliphatic carboxylic acids is 1. The number of carbonyl (C=O) groups is 2. The zero-order valence-corrected chi connectivity index (χ0v) is 11.6. The largest absolute Gasteiger partial charge is 0.481 e. The van der Waals surface area contributed by atoms with Crippen LogP contribution >= 0.6 is 0 Å². The second kappa shape index (κ2) is 6.52. The Morgan fingerprint density at radius 3 is 2.75 bits per heavy atom. The molecular weight excluding hydrogens is 256 g/mol. The van der Waals surface area contributed by atoms with Crippen LogP contribution in [-0.4, -0.2) is 29.6 Å². The van der Waals surface area contributed by atoms with E-state index in [0.29, 0.717) is 19.4 Å². The van der Waals surface area contributed by atoms with Gasteiger partial charge in [-0.05, 0) is 24.0 Å².